The summed E-state index contributed by atoms with van der Waals surface area (Å²) in [5.74, 6) is 0.774. The molecule has 1 heterocycles. The Morgan fingerprint density at radius 2 is 1.86 bits per heavy atom. The minimum Gasteiger partial charge on any atom is -0.484 e. The smallest absolute Gasteiger partial charge is 0.260 e. The van der Waals surface area contributed by atoms with Crippen molar-refractivity contribution < 1.29 is 14.4 Å². The van der Waals surface area contributed by atoms with Gasteiger partial charge in [-0.3, -0.25) is 4.79 Å². The first-order valence-electron chi connectivity index (χ1n) is 7.52. The number of quaternary nitrogens is 1. The van der Waals surface area contributed by atoms with E-state index < -0.39 is 0 Å². The van der Waals surface area contributed by atoms with E-state index in [2.05, 4.69) is 6.92 Å². The molecule has 0 atom stereocenters. The molecule has 1 aliphatic heterocycles. The summed E-state index contributed by atoms with van der Waals surface area (Å²) in [6, 6.07) is 3.75. The van der Waals surface area contributed by atoms with Gasteiger partial charge in [0.25, 0.3) is 5.91 Å². The molecule has 0 unspecified atom stereocenters. The normalized spacial score (nSPS) is 16.1. The zero-order chi connectivity index (χ0) is 15.4. The Bertz CT molecular complexity index is 488. The highest BCUT2D eigenvalue weighted by atomic mass is 35.5. The first kappa shape index (κ1) is 16.1. The number of rotatable bonds is 4. The topological polar surface area (TPSA) is 34.0 Å². The molecule has 2 rings (SSSR count). The summed E-state index contributed by atoms with van der Waals surface area (Å²) in [7, 11) is 0. The molecular formula is C16H24ClN2O2+. The van der Waals surface area contributed by atoms with E-state index in [1.807, 2.05) is 30.9 Å². The van der Waals surface area contributed by atoms with Gasteiger partial charge in [-0.1, -0.05) is 11.6 Å². The maximum absolute atomic E-state index is 12.2. The minimum atomic E-state index is 0.0652. The van der Waals surface area contributed by atoms with Gasteiger partial charge in [-0.2, -0.15) is 0 Å². The van der Waals surface area contributed by atoms with Crippen LogP contribution >= 0.6 is 11.6 Å². The van der Waals surface area contributed by atoms with Crippen LogP contribution in [0, 0.1) is 13.8 Å². The van der Waals surface area contributed by atoms with Gasteiger partial charge in [0.05, 0.1) is 32.7 Å². The number of halogens is 1. The first-order valence-corrected chi connectivity index (χ1v) is 7.90. The third-order valence-corrected chi connectivity index (χ3v) is 4.69. The Labute approximate surface area is 131 Å². The third kappa shape index (κ3) is 4.11. The molecule has 1 N–H and O–H groups in total. The van der Waals surface area contributed by atoms with E-state index in [0.29, 0.717) is 5.75 Å². The minimum absolute atomic E-state index is 0.0652. The summed E-state index contributed by atoms with van der Waals surface area (Å²) in [5.41, 5.74) is 1.94. The number of likely N-dealkylation sites (N-methyl/N-ethyl adjacent to an activating group) is 1. The van der Waals surface area contributed by atoms with E-state index in [9.17, 15) is 4.79 Å². The summed E-state index contributed by atoms with van der Waals surface area (Å²) in [5, 5.41) is 0.757. The number of hydrogen-bond donors (Lipinski definition) is 1. The van der Waals surface area contributed by atoms with E-state index >= 15 is 0 Å². The second-order valence-corrected chi connectivity index (χ2v) is 6.02. The van der Waals surface area contributed by atoms with Gasteiger partial charge in [0.15, 0.2) is 6.61 Å². The second-order valence-electron chi connectivity index (χ2n) is 5.64. The SMILES string of the molecule is CC[NH+]1CCN(C(=O)COc2cc(C)c(Cl)c(C)c2)CC1. The van der Waals surface area contributed by atoms with Crippen molar-refractivity contribution in [1.29, 1.82) is 0 Å². The molecule has 0 radical (unpaired) electrons. The lowest BCUT2D eigenvalue weighted by molar-refractivity contribution is -0.902. The highest BCUT2D eigenvalue weighted by Crippen LogP contribution is 2.25. The Kier molecular flexibility index (Phi) is 5.48. The van der Waals surface area contributed by atoms with Crippen molar-refractivity contribution in [3.63, 3.8) is 0 Å². The monoisotopic (exact) mass is 311 g/mol. The number of carbonyl (C=O) groups excluding carboxylic acids is 1. The van der Waals surface area contributed by atoms with Crippen LogP contribution in [0.15, 0.2) is 12.1 Å². The fraction of sp³-hybridized carbons (Fsp3) is 0.562. The molecule has 1 aliphatic rings. The van der Waals surface area contributed by atoms with Gasteiger partial charge < -0.3 is 14.5 Å². The van der Waals surface area contributed by atoms with E-state index in [1.165, 1.54) is 0 Å². The fourth-order valence-electron chi connectivity index (χ4n) is 2.65. The van der Waals surface area contributed by atoms with Gasteiger partial charge in [-0.25, -0.2) is 0 Å². The Morgan fingerprint density at radius 1 is 1.29 bits per heavy atom. The van der Waals surface area contributed by atoms with Gasteiger partial charge in [0.1, 0.15) is 5.75 Å². The van der Waals surface area contributed by atoms with Crippen LogP contribution in [-0.2, 0) is 4.79 Å². The molecule has 1 amide bonds. The predicted molar refractivity (Wildman–Crippen MR) is 84.2 cm³/mol. The largest absolute Gasteiger partial charge is 0.484 e. The molecule has 1 aromatic rings. The standard InChI is InChI=1S/C16H23ClN2O2/c1-4-18-5-7-19(8-6-18)15(20)11-21-14-9-12(2)16(17)13(3)10-14/h9-10H,4-8,11H2,1-3H3/p+1. The Morgan fingerprint density at radius 3 is 2.38 bits per heavy atom. The number of ether oxygens (including phenoxy) is 1. The Hall–Kier alpha value is -1.26. The molecule has 21 heavy (non-hydrogen) atoms. The van der Waals surface area contributed by atoms with Crippen LogP contribution in [0.5, 0.6) is 5.75 Å². The average Bonchev–Trinajstić information content (AvgIpc) is 2.50. The molecule has 5 heteroatoms. The fourth-order valence-corrected chi connectivity index (χ4v) is 2.76. The predicted octanol–water partition coefficient (Wildman–Crippen LogP) is 1.08. The molecule has 0 aromatic heterocycles. The van der Waals surface area contributed by atoms with Crippen LogP contribution in [0.4, 0.5) is 0 Å². The number of nitrogens with zero attached hydrogens (tertiary/aromatic N) is 1. The van der Waals surface area contributed by atoms with Gasteiger partial charge in [0, 0.05) is 5.02 Å². The van der Waals surface area contributed by atoms with Crippen LogP contribution in [0.2, 0.25) is 5.02 Å². The lowest BCUT2D eigenvalue weighted by Gasteiger charge is -2.31. The van der Waals surface area contributed by atoms with E-state index in [1.54, 1.807) is 4.90 Å². The van der Waals surface area contributed by atoms with Gasteiger partial charge in [0.2, 0.25) is 0 Å². The third-order valence-electron chi connectivity index (χ3n) is 4.10. The van der Waals surface area contributed by atoms with Crippen molar-refractivity contribution in [3.8, 4) is 5.75 Å². The maximum atomic E-state index is 12.2. The second kappa shape index (κ2) is 7.14. The molecule has 1 saturated heterocycles. The van der Waals surface area contributed by atoms with Gasteiger partial charge in [-0.05, 0) is 44.0 Å². The number of carbonyl (C=O) groups is 1. The number of piperazine rings is 1. The molecule has 1 fully saturated rings. The quantitative estimate of drug-likeness (QED) is 0.903. The molecule has 0 aliphatic carbocycles. The number of benzene rings is 1. The van der Waals surface area contributed by atoms with Gasteiger partial charge in [-0.15, -0.1) is 0 Å². The van der Waals surface area contributed by atoms with E-state index in [0.717, 1.165) is 48.9 Å². The molecule has 116 valence electrons. The summed E-state index contributed by atoms with van der Waals surface area (Å²) < 4.78 is 5.63. The molecule has 0 bridgehead atoms. The van der Waals surface area contributed by atoms with E-state index in [-0.39, 0.29) is 12.5 Å². The van der Waals surface area contributed by atoms with Crippen LogP contribution in [-0.4, -0.2) is 50.1 Å². The Balaban J connectivity index is 1.87. The van der Waals surface area contributed by atoms with Crippen molar-refractivity contribution >= 4 is 17.5 Å². The van der Waals surface area contributed by atoms with Crippen LogP contribution in [0.1, 0.15) is 18.1 Å². The van der Waals surface area contributed by atoms with Crippen molar-refractivity contribution in [2.24, 2.45) is 0 Å². The summed E-state index contributed by atoms with van der Waals surface area (Å²) in [6.07, 6.45) is 0. The van der Waals surface area contributed by atoms with Crippen LogP contribution in [0.3, 0.4) is 0 Å². The highest BCUT2D eigenvalue weighted by molar-refractivity contribution is 6.32. The van der Waals surface area contributed by atoms with Crippen molar-refractivity contribution in [3.05, 3.63) is 28.3 Å². The number of aryl methyl sites for hydroxylation is 2. The average molecular weight is 312 g/mol. The summed E-state index contributed by atoms with van der Waals surface area (Å²) >= 11 is 6.13. The van der Waals surface area contributed by atoms with Crippen LogP contribution < -0.4 is 9.64 Å². The first-order chi connectivity index (χ1) is 10.0. The molecular weight excluding hydrogens is 288 g/mol. The van der Waals surface area contributed by atoms with Crippen LogP contribution in [0.25, 0.3) is 0 Å². The lowest BCUT2D eigenvalue weighted by Crippen LogP contribution is -3.14. The molecule has 0 spiro atoms. The zero-order valence-electron chi connectivity index (χ0n) is 13.0. The number of hydrogen-bond acceptors (Lipinski definition) is 2. The maximum Gasteiger partial charge on any atom is 0.260 e. The highest BCUT2D eigenvalue weighted by Gasteiger charge is 2.22. The lowest BCUT2D eigenvalue weighted by atomic mass is 10.1. The van der Waals surface area contributed by atoms with Crippen molar-refractivity contribution in [2.75, 3.05) is 39.3 Å². The zero-order valence-corrected chi connectivity index (χ0v) is 13.8. The number of amides is 1. The van der Waals surface area contributed by atoms with Crippen molar-refractivity contribution in [2.45, 2.75) is 20.8 Å². The van der Waals surface area contributed by atoms with Crippen molar-refractivity contribution in [1.82, 2.24) is 4.90 Å². The van der Waals surface area contributed by atoms with E-state index in [4.69, 9.17) is 16.3 Å². The van der Waals surface area contributed by atoms with Gasteiger partial charge >= 0.3 is 0 Å². The molecule has 4 nitrogen and oxygen atoms in total. The summed E-state index contributed by atoms with van der Waals surface area (Å²) in [6.45, 7) is 11.0. The number of nitrogens with one attached hydrogen (secondary N) is 1. The molecule has 0 saturated carbocycles. The molecule has 1 aromatic carbocycles. The summed E-state index contributed by atoms with van der Waals surface area (Å²) in [4.78, 5) is 15.6.